The third-order valence-electron chi connectivity index (χ3n) is 4.20. The lowest BCUT2D eigenvalue weighted by atomic mass is 10.1. The Kier molecular flexibility index (Phi) is 8.99. The molecule has 0 aliphatic heterocycles. The largest absolute Gasteiger partial charge is 0.494 e. The van der Waals surface area contributed by atoms with E-state index in [2.05, 4.69) is 13.8 Å². The predicted molar refractivity (Wildman–Crippen MR) is 111 cm³/mol. The molecule has 148 valence electrons. The lowest BCUT2D eigenvalue weighted by Gasteiger charge is -2.05. The Bertz CT molecular complexity index is 706. The summed E-state index contributed by atoms with van der Waals surface area (Å²) in [6, 6.07) is 13.9. The molecule has 0 aliphatic rings. The minimum absolute atomic E-state index is 0.215. The number of carbonyl (C=O) groups is 2. The van der Waals surface area contributed by atoms with Gasteiger partial charge in [0.25, 0.3) is 0 Å². The number of unbranched alkanes of at least 4 members (excludes halogenated alkanes) is 2. The van der Waals surface area contributed by atoms with Crippen LogP contribution < -0.4 is 9.47 Å². The molecule has 4 nitrogen and oxygen atoms in total. The van der Waals surface area contributed by atoms with E-state index in [9.17, 15) is 9.59 Å². The molecule has 0 bridgehead atoms. The SMILES string of the molecule is CCCCOc1ccc(C(=O)/C=C/C(=O)c2ccc(OCCCC)cc2)cc1. The topological polar surface area (TPSA) is 52.6 Å². The summed E-state index contributed by atoms with van der Waals surface area (Å²) in [5.41, 5.74) is 1.04. The number of ether oxygens (including phenoxy) is 2. The molecule has 0 radical (unpaired) electrons. The van der Waals surface area contributed by atoms with Gasteiger partial charge in [0.05, 0.1) is 13.2 Å². The summed E-state index contributed by atoms with van der Waals surface area (Å²) in [5.74, 6) is 1.05. The van der Waals surface area contributed by atoms with Gasteiger partial charge in [-0.05, 0) is 73.5 Å². The maximum absolute atomic E-state index is 12.3. The van der Waals surface area contributed by atoms with Crippen LogP contribution in [0.3, 0.4) is 0 Å². The van der Waals surface area contributed by atoms with E-state index < -0.39 is 0 Å². The van der Waals surface area contributed by atoms with E-state index in [4.69, 9.17) is 9.47 Å². The number of rotatable bonds is 12. The van der Waals surface area contributed by atoms with Gasteiger partial charge in [-0.3, -0.25) is 9.59 Å². The Hall–Kier alpha value is -2.88. The highest BCUT2D eigenvalue weighted by Crippen LogP contribution is 2.15. The van der Waals surface area contributed by atoms with Crippen molar-refractivity contribution in [3.8, 4) is 11.5 Å². The smallest absolute Gasteiger partial charge is 0.185 e. The van der Waals surface area contributed by atoms with Crippen molar-refractivity contribution in [3.63, 3.8) is 0 Å². The summed E-state index contributed by atoms with van der Waals surface area (Å²) in [6.07, 6.45) is 6.75. The second-order valence-electron chi connectivity index (χ2n) is 6.51. The van der Waals surface area contributed by atoms with Crippen LogP contribution in [0.2, 0.25) is 0 Å². The van der Waals surface area contributed by atoms with Crippen LogP contribution in [0.1, 0.15) is 60.2 Å². The molecule has 0 aliphatic carbocycles. The number of hydrogen-bond acceptors (Lipinski definition) is 4. The minimum Gasteiger partial charge on any atom is -0.494 e. The fourth-order valence-electron chi connectivity index (χ4n) is 2.44. The van der Waals surface area contributed by atoms with Crippen LogP contribution in [-0.4, -0.2) is 24.8 Å². The lowest BCUT2D eigenvalue weighted by Crippen LogP contribution is -2.00. The molecule has 0 aromatic heterocycles. The third kappa shape index (κ3) is 7.03. The van der Waals surface area contributed by atoms with E-state index in [1.54, 1.807) is 48.5 Å². The van der Waals surface area contributed by atoms with Gasteiger partial charge in [0, 0.05) is 11.1 Å². The molecular weight excluding hydrogens is 352 g/mol. The molecule has 0 N–H and O–H groups in total. The molecular formula is C24H28O4. The van der Waals surface area contributed by atoms with Crippen LogP contribution in [0.4, 0.5) is 0 Å². The second kappa shape index (κ2) is 11.8. The Morgan fingerprint density at radius 2 is 1.04 bits per heavy atom. The first kappa shape index (κ1) is 21.4. The van der Waals surface area contributed by atoms with Crippen LogP contribution in [0, 0.1) is 0 Å². The van der Waals surface area contributed by atoms with E-state index in [-0.39, 0.29) is 11.6 Å². The molecule has 4 heteroatoms. The molecule has 2 aromatic rings. The van der Waals surface area contributed by atoms with E-state index in [0.29, 0.717) is 24.3 Å². The van der Waals surface area contributed by atoms with Gasteiger partial charge >= 0.3 is 0 Å². The minimum atomic E-state index is -0.215. The monoisotopic (exact) mass is 380 g/mol. The maximum Gasteiger partial charge on any atom is 0.185 e. The fraction of sp³-hybridized carbons (Fsp3) is 0.333. The quantitative estimate of drug-likeness (QED) is 0.271. The van der Waals surface area contributed by atoms with Gasteiger partial charge in [0.2, 0.25) is 0 Å². The molecule has 2 rings (SSSR count). The van der Waals surface area contributed by atoms with Gasteiger partial charge in [0.15, 0.2) is 11.6 Å². The van der Waals surface area contributed by atoms with E-state index in [1.165, 1.54) is 12.2 Å². The van der Waals surface area contributed by atoms with Crippen molar-refractivity contribution in [2.24, 2.45) is 0 Å². The number of benzene rings is 2. The van der Waals surface area contributed by atoms with Crippen molar-refractivity contribution < 1.29 is 19.1 Å². The molecule has 28 heavy (non-hydrogen) atoms. The summed E-state index contributed by atoms with van der Waals surface area (Å²) in [6.45, 7) is 5.55. The molecule has 0 unspecified atom stereocenters. The highest BCUT2D eigenvalue weighted by molar-refractivity contribution is 6.11. The zero-order chi connectivity index (χ0) is 20.2. The van der Waals surface area contributed by atoms with Crippen LogP contribution >= 0.6 is 0 Å². The number of allylic oxidation sites excluding steroid dienone is 2. The highest BCUT2D eigenvalue weighted by Gasteiger charge is 2.06. The Balaban J connectivity index is 1.89. The van der Waals surface area contributed by atoms with Crippen LogP contribution in [0.5, 0.6) is 11.5 Å². The molecule has 0 heterocycles. The van der Waals surface area contributed by atoms with Crippen LogP contribution in [-0.2, 0) is 0 Å². The van der Waals surface area contributed by atoms with E-state index >= 15 is 0 Å². The van der Waals surface area contributed by atoms with Gasteiger partial charge in [-0.25, -0.2) is 0 Å². The molecule has 0 saturated carbocycles. The average Bonchev–Trinajstić information content (AvgIpc) is 2.73. The number of ketones is 2. The Labute approximate surface area is 167 Å². The van der Waals surface area contributed by atoms with Gasteiger partial charge in [-0.1, -0.05) is 26.7 Å². The number of carbonyl (C=O) groups excluding carboxylic acids is 2. The standard InChI is InChI=1S/C24H28O4/c1-3-5-17-27-21-11-7-19(8-12-21)23(25)15-16-24(26)20-9-13-22(14-10-20)28-18-6-4-2/h7-16H,3-6,17-18H2,1-2H3/b16-15+. The zero-order valence-electron chi connectivity index (χ0n) is 16.6. The average molecular weight is 380 g/mol. The maximum atomic E-state index is 12.3. The Morgan fingerprint density at radius 3 is 1.36 bits per heavy atom. The van der Waals surface area contributed by atoms with Crippen LogP contribution in [0.25, 0.3) is 0 Å². The van der Waals surface area contributed by atoms with Crippen molar-refractivity contribution >= 4 is 11.6 Å². The molecule has 0 saturated heterocycles. The summed E-state index contributed by atoms with van der Waals surface area (Å²) in [4.78, 5) is 24.5. The molecule has 0 amide bonds. The molecule has 2 aromatic carbocycles. The third-order valence-corrected chi connectivity index (χ3v) is 4.20. The Morgan fingerprint density at radius 1 is 0.679 bits per heavy atom. The van der Waals surface area contributed by atoms with Crippen molar-refractivity contribution in [2.45, 2.75) is 39.5 Å². The van der Waals surface area contributed by atoms with Crippen molar-refractivity contribution in [2.75, 3.05) is 13.2 Å². The molecule has 0 atom stereocenters. The van der Waals surface area contributed by atoms with Gasteiger partial charge in [0.1, 0.15) is 11.5 Å². The summed E-state index contributed by atoms with van der Waals surface area (Å²) >= 11 is 0. The van der Waals surface area contributed by atoms with Crippen LogP contribution in [0.15, 0.2) is 60.7 Å². The first-order valence-electron chi connectivity index (χ1n) is 9.86. The van der Waals surface area contributed by atoms with Crippen molar-refractivity contribution in [1.82, 2.24) is 0 Å². The summed E-state index contributed by atoms with van der Waals surface area (Å²) < 4.78 is 11.2. The van der Waals surface area contributed by atoms with Crippen molar-refractivity contribution in [3.05, 3.63) is 71.8 Å². The van der Waals surface area contributed by atoms with Gasteiger partial charge < -0.3 is 9.47 Å². The molecule has 0 fully saturated rings. The summed E-state index contributed by atoms with van der Waals surface area (Å²) in [7, 11) is 0. The van der Waals surface area contributed by atoms with Gasteiger partial charge in [-0.15, -0.1) is 0 Å². The number of hydrogen-bond donors (Lipinski definition) is 0. The normalized spacial score (nSPS) is 10.8. The van der Waals surface area contributed by atoms with Crippen molar-refractivity contribution in [1.29, 1.82) is 0 Å². The van der Waals surface area contributed by atoms with E-state index in [1.807, 2.05) is 0 Å². The fourth-order valence-corrected chi connectivity index (χ4v) is 2.44. The lowest BCUT2D eigenvalue weighted by molar-refractivity contribution is 0.102. The summed E-state index contributed by atoms with van der Waals surface area (Å²) in [5, 5.41) is 0. The first-order valence-corrected chi connectivity index (χ1v) is 9.86. The first-order chi connectivity index (χ1) is 13.6. The molecule has 0 spiro atoms. The predicted octanol–water partition coefficient (Wildman–Crippen LogP) is 5.67. The zero-order valence-corrected chi connectivity index (χ0v) is 16.6. The highest BCUT2D eigenvalue weighted by atomic mass is 16.5. The van der Waals surface area contributed by atoms with Gasteiger partial charge in [-0.2, -0.15) is 0 Å². The second-order valence-corrected chi connectivity index (χ2v) is 6.51. The van der Waals surface area contributed by atoms with E-state index in [0.717, 1.165) is 37.2 Å².